The average molecular weight is 447 g/mol. The summed E-state index contributed by atoms with van der Waals surface area (Å²) in [5.74, 6) is 0.670. The molecule has 158 valence electrons. The number of nitrogens with two attached hydrogens (primary N) is 1. The van der Waals surface area contributed by atoms with Crippen LogP contribution in [0.5, 0.6) is 0 Å². The zero-order chi connectivity index (χ0) is 22.8. The summed E-state index contributed by atoms with van der Waals surface area (Å²) in [6, 6.07) is 9.86. The molecular weight excluding hydrogens is 432 g/mol. The molecule has 4 rings (SSSR count). The van der Waals surface area contributed by atoms with E-state index < -0.39 is 6.04 Å². The molecule has 3 aromatic heterocycles. The normalized spacial score (nSPS) is 11.6. The molecule has 12 heteroatoms. The van der Waals surface area contributed by atoms with E-state index in [0.29, 0.717) is 12.2 Å². The van der Waals surface area contributed by atoms with E-state index in [0.717, 1.165) is 0 Å². The van der Waals surface area contributed by atoms with Crippen molar-refractivity contribution in [3.63, 3.8) is 0 Å². The van der Waals surface area contributed by atoms with Gasteiger partial charge in [-0.3, -0.25) is 9.89 Å². The van der Waals surface area contributed by atoms with Crippen molar-refractivity contribution < 1.29 is 0 Å². The van der Waals surface area contributed by atoms with E-state index in [2.05, 4.69) is 36.5 Å². The van der Waals surface area contributed by atoms with Crippen LogP contribution in [0.2, 0.25) is 5.15 Å². The summed E-state index contributed by atoms with van der Waals surface area (Å²) in [7, 11) is 0. The minimum absolute atomic E-state index is 0.00765. The van der Waals surface area contributed by atoms with Crippen molar-refractivity contribution in [2.45, 2.75) is 19.4 Å². The fraction of sp³-hybridized carbons (Fsp3) is 0.150. The first-order chi connectivity index (χ1) is 15.5. The number of H-pyrrole nitrogens is 1. The van der Waals surface area contributed by atoms with E-state index in [1.165, 1.54) is 10.8 Å². The fourth-order valence-corrected chi connectivity index (χ4v) is 3.54. The van der Waals surface area contributed by atoms with E-state index in [1.54, 1.807) is 24.3 Å². The van der Waals surface area contributed by atoms with Crippen molar-refractivity contribution >= 4 is 34.3 Å². The summed E-state index contributed by atoms with van der Waals surface area (Å²) >= 11 is 6.05. The molecule has 0 radical (unpaired) electrons. The predicted molar refractivity (Wildman–Crippen MR) is 117 cm³/mol. The second-order valence-corrected chi connectivity index (χ2v) is 7.04. The summed E-state index contributed by atoms with van der Waals surface area (Å²) in [4.78, 5) is 26.0. The van der Waals surface area contributed by atoms with E-state index in [-0.39, 0.29) is 50.3 Å². The van der Waals surface area contributed by atoms with E-state index in [4.69, 9.17) is 17.3 Å². The minimum Gasteiger partial charge on any atom is -0.368 e. The highest BCUT2D eigenvalue weighted by atomic mass is 35.5. The van der Waals surface area contributed by atoms with Gasteiger partial charge in [0.1, 0.15) is 29.3 Å². The van der Waals surface area contributed by atoms with Crippen LogP contribution in [-0.4, -0.2) is 29.7 Å². The molecule has 4 aromatic rings. The lowest BCUT2D eigenvalue weighted by Crippen LogP contribution is -2.29. The molecule has 0 aliphatic carbocycles. The van der Waals surface area contributed by atoms with E-state index >= 15 is 0 Å². The molecule has 0 amide bonds. The van der Waals surface area contributed by atoms with Gasteiger partial charge in [0.15, 0.2) is 11.0 Å². The van der Waals surface area contributed by atoms with Gasteiger partial charge >= 0.3 is 0 Å². The first-order valence-corrected chi connectivity index (χ1v) is 9.81. The van der Waals surface area contributed by atoms with Crippen LogP contribution in [0.1, 0.15) is 36.3 Å². The highest BCUT2D eigenvalue weighted by Gasteiger charge is 2.24. The third-order valence-electron chi connectivity index (χ3n) is 4.80. The summed E-state index contributed by atoms with van der Waals surface area (Å²) < 4.78 is 1.37. The van der Waals surface area contributed by atoms with Crippen LogP contribution in [0.3, 0.4) is 0 Å². The van der Waals surface area contributed by atoms with Gasteiger partial charge in [0.2, 0.25) is 5.95 Å². The Morgan fingerprint density at radius 2 is 2.06 bits per heavy atom. The van der Waals surface area contributed by atoms with Crippen molar-refractivity contribution in [1.29, 1.82) is 10.5 Å². The largest absolute Gasteiger partial charge is 0.368 e. The van der Waals surface area contributed by atoms with E-state index in [9.17, 15) is 15.3 Å². The highest BCUT2D eigenvalue weighted by Crippen LogP contribution is 2.28. The zero-order valence-electron chi connectivity index (χ0n) is 16.7. The Bertz CT molecular complexity index is 1460. The first kappa shape index (κ1) is 20.8. The molecule has 0 aliphatic heterocycles. The monoisotopic (exact) mass is 446 g/mol. The van der Waals surface area contributed by atoms with Crippen LogP contribution in [0.15, 0.2) is 35.3 Å². The Morgan fingerprint density at radius 3 is 2.72 bits per heavy atom. The number of anilines is 2. The fourth-order valence-electron chi connectivity index (χ4n) is 3.32. The number of nitrogens with one attached hydrogen (secondary N) is 2. The number of nitriles is 2. The topological polar surface area (TPSA) is 175 Å². The molecule has 0 saturated carbocycles. The van der Waals surface area contributed by atoms with Gasteiger partial charge < -0.3 is 11.1 Å². The SMILES string of the molecule is CCC(Nc1nc(N)nc(Cl)c1C#N)c1nc2c(C#N)cccc2c(=O)n1-c1ccn[nH]1. The van der Waals surface area contributed by atoms with Crippen LogP contribution >= 0.6 is 11.6 Å². The quantitative estimate of drug-likeness (QED) is 0.388. The van der Waals surface area contributed by atoms with Crippen molar-refractivity contribution in [1.82, 2.24) is 29.7 Å². The van der Waals surface area contributed by atoms with Crippen molar-refractivity contribution in [2.75, 3.05) is 11.1 Å². The van der Waals surface area contributed by atoms with Gasteiger partial charge in [-0.05, 0) is 18.6 Å². The second kappa shape index (κ2) is 8.34. The maximum absolute atomic E-state index is 13.4. The van der Waals surface area contributed by atoms with E-state index in [1.807, 2.05) is 13.0 Å². The molecule has 0 fully saturated rings. The van der Waals surface area contributed by atoms with Crippen LogP contribution in [0.25, 0.3) is 16.7 Å². The molecule has 1 aromatic carbocycles. The van der Waals surface area contributed by atoms with Gasteiger partial charge in [-0.2, -0.15) is 25.6 Å². The smallest absolute Gasteiger partial charge is 0.267 e. The zero-order valence-corrected chi connectivity index (χ0v) is 17.4. The molecule has 0 aliphatic rings. The number of hydrogen-bond acceptors (Lipinski definition) is 9. The molecule has 1 atom stereocenters. The van der Waals surface area contributed by atoms with Crippen molar-refractivity contribution in [2.24, 2.45) is 0 Å². The van der Waals surface area contributed by atoms with Crippen LogP contribution in [0.4, 0.5) is 11.8 Å². The van der Waals surface area contributed by atoms with Gasteiger partial charge in [-0.25, -0.2) is 9.55 Å². The lowest BCUT2D eigenvalue weighted by molar-refractivity contribution is 0.652. The molecule has 0 saturated heterocycles. The Labute approximate surface area is 186 Å². The standard InChI is InChI=1S/C20H15ClN10O/c1-2-13(26-17-12(9-23)16(21)28-20(24)29-17)18-27-15-10(8-22)4-3-5-11(15)19(32)31(18)14-6-7-25-30-14/h3-7,13H,2H2,1H3,(H,25,30)(H3,24,26,28,29). The third-order valence-corrected chi connectivity index (χ3v) is 5.07. The molecule has 3 heterocycles. The van der Waals surface area contributed by atoms with Crippen LogP contribution in [-0.2, 0) is 0 Å². The molecule has 4 N–H and O–H groups in total. The van der Waals surface area contributed by atoms with Crippen LogP contribution < -0.4 is 16.6 Å². The number of fused-ring (bicyclic) bond motifs is 1. The van der Waals surface area contributed by atoms with Crippen LogP contribution in [0, 0.1) is 22.7 Å². The minimum atomic E-state index is -0.611. The Kier molecular flexibility index (Phi) is 5.41. The maximum atomic E-state index is 13.4. The average Bonchev–Trinajstić information content (AvgIpc) is 3.31. The van der Waals surface area contributed by atoms with Crippen molar-refractivity contribution in [3.05, 3.63) is 62.9 Å². The Hall–Kier alpha value is -4.48. The molecule has 0 spiro atoms. The van der Waals surface area contributed by atoms with Gasteiger partial charge in [0.25, 0.3) is 5.56 Å². The number of aromatic amines is 1. The molecule has 0 bridgehead atoms. The van der Waals surface area contributed by atoms with Gasteiger partial charge in [-0.1, -0.05) is 24.6 Å². The molecule has 11 nitrogen and oxygen atoms in total. The lowest BCUT2D eigenvalue weighted by Gasteiger charge is -2.22. The molecular formula is C20H15ClN10O. The number of nitrogens with zero attached hydrogens (tertiary/aromatic N) is 7. The predicted octanol–water partition coefficient (Wildman–Crippen LogP) is 2.44. The summed E-state index contributed by atoms with van der Waals surface area (Å²) in [6.07, 6.45) is 1.95. The summed E-state index contributed by atoms with van der Waals surface area (Å²) in [5.41, 5.74) is 5.87. The molecule has 1 unspecified atom stereocenters. The lowest BCUT2D eigenvalue weighted by atomic mass is 10.1. The van der Waals surface area contributed by atoms with Gasteiger partial charge in [0.05, 0.1) is 28.7 Å². The number of benzene rings is 1. The Balaban J connectivity index is 1.98. The number of aromatic nitrogens is 6. The highest BCUT2D eigenvalue weighted by molar-refractivity contribution is 6.31. The number of para-hydroxylation sites is 1. The number of hydrogen-bond donors (Lipinski definition) is 3. The second-order valence-electron chi connectivity index (χ2n) is 6.68. The number of nitrogen functional groups attached to an aromatic ring is 1. The molecule has 32 heavy (non-hydrogen) atoms. The maximum Gasteiger partial charge on any atom is 0.267 e. The third kappa shape index (κ3) is 3.47. The van der Waals surface area contributed by atoms with Gasteiger partial charge in [0, 0.05) is 6.07 Å². The van der Waals surface area contributed by atoms with Gasteiger partial charge in [-0.15, -0.1) is 0 Å². The summed E-state index contributed by atoms with van der Waals surface area (Å²) in [6.45, 7) is 1.86. The first-order valence-electron chi connectivity index (χ1n) is 9.43. The number of rotatable bonds is 5. The Morgan fingerprint density at radius 1 is 1.25 bits per heavy atom. The summed E-state index contributed by atoms with van der Waals surface area (Å²) in [5, 5.41) is 29.0. The van der Waals surface area contributed by atoms with Crippen molar-refractivity contribution in [3.8, 4) is 18.0 Å². The number of halogens is 1.